The van der Waals surface area contributed by atoms with Crippen LogP contribution in [-0.2, 0) is 6.42 Å². The molecule has 3 aromatic rings. The molecule has 0 aliphatic heterocycles. The third-order valence-corrected chi connectivity index (χ3v) is 4.90. The van der Waals surface area contributed by atoms with Gasteiger partial charge in [0, 0.05) is 28.7 Å². The van der Waals surface area contributed by atoms with Gasteiger partial charge in [0.05, 0.1) is 0 Å². The highest BCUT2D eigenvalue weighted by atomic mass is 35.5. The number of benzene rings is 2. The Morgan fingerprint density at radius 3 is 2.55 bits per heavy atom. The minimum atomic E-state index is 0.202. The maximum Gasteiger partial charge on any atom is 0.160 e. The van der Waals surface area contributed by atoms with E-state index in [0.29, 0.717) is 12.3 Å². The summed E-state index contributed by atoms with van der Waals surface area (Å²) >= 11 is 6.03. The largest absolute Gasteiger partial charge is 0.460 e. The summed E-state index contributed by atoms with van der Waals surface area (Å²) in [5.41, 5.74) is 4.90. The molecule has 1 aliphatic rings. The molecule has 29 heavy (non-hydrogen) atoms. The molecule has 0 radical (unpaired) electrons. The van der Waals surface area contributed by atoms with E-state index in [2.05, 4.69) is 36.7 Å². The second kappa shape index (κ2) is 8.46. The Hall–Kier alpha value is -3.17. The molecule has 0 spiro atoms. The van der Waals surface area contributed by atoms with Crippen LogP contribution in [0, 0.1) is 0 Å². The fourth-order valence-electron chi connectivity index (χ4n) is 3.44. The molecule has 0 bridgehead atoms. The van der Waals surface area contributed by atoms with Crippen molar-refractivity contribution in [3.63, 3.8) is 0 Å². The monoisotopic (exact) mass is 400 g/mol. The van der Waals surface area contributed by atoms with Gasteiger partial charge >= 0.3 is 0 Å². The number of allylic oxidation sites excluding steroid dienone is 1. The summed E-state index contributed by atoms with van der Waals surface area (Å²) < 4.78 is 6.04. The molecule has 0 N–H and O–H groups in total. The maximum atomic E-state index is 6.04. The van der Waals surface area contributed by atoms with Crippen molar-refractivity contribution in [3.8, 4) is 0 Å². The van der Waals surface area contributed by atoms with Gasteiger partial charge in [-0.2, -0.15) is 0 Å². The third kappa shape index (κ3) is 4.15. The van der Waals surface area contributed by atoms with Gasteiger partial charge in [0.2, 0.25) is 0 Å². The molecule has 0 atom stereocenters. The van der Waals surface area contributed by atoms with Crippen molar-refractivity contribution in [2.24, 2.45) is 9.98 Å². The Morgan fingerprint density at radius 1 is 1.03 bits per heavy atom. The van der Waals surface area contributed by atoms with Gasteiger partial charge in [0.15, 0.2) is 5.84 Å². The molecular formula is C25H21ClN2O. The predicted octanol–water partition coefficient (Wildman–Crippen LogP) is 6.94. The molecule has 0 amide bonds. The summed E-state index contributed by atoms with van der Waals surface area (Å²) in [5.74, 6) is 1.49. The lowest BCUT2D eigenvalue weighted by molar-refractivity contribution is 0.564. The molecule has 1 heterocycles. The lowest BCUT2D eigenvalue weighted by Crippen LogP contribution is -2.06. The van der Waals surface area contributed by atoms with Crippen LogP contribution in [-0.4, -0.2) is 11.5 Å². The normalized spacial score (nSPS) is 14.5. The lowest BCUT2D eigenvalue weighted by atomic mass is 10.1. The smallest absolute Gasteiger partial charge is 0.160 e. The summed E-state index contributed by atoms with van der Waals surface area (Å²) in [4.78, 5) is 9.27. The molecule has 4 rings (SSSR count). The van der Waals surface area contributed by atoms with Gasteiger partial charge in [-0.1, -0.05) is 91.9 Å². The third-order valence-electron chi connectivity index (χ3n) is 4.82. The first-order chi connectivity index (χ1) is 14.2. The Morgan fingerprint density at radius 2 is 1.79 bits per heavy atom. The van der Waals surface area contributed by atoms with Gasteiger partial charge in [-0.15, -0.1) is 0 Å². The molecule has 3 nitrogen and oxygen atoms in total. The highest BCUT2D eigenvalue weighted by molar-refractivity contribution is 6.30. The van der Waals surface area contributed by atoms with E-state index in [1.54, 1.807) is 0 Å². The minimum Gasteiger partial charge on any atom is -0.460 e. The summed E-state index contributed by atoms with van der Waals surface area (Å²) in [7, 11) is 0. The van der Waals surface area contributed by atoms with Crippen LogP contribution in [0.1, 0.15) is 30.2 Å². The standard InChI is InChI=1S/C25H21ClN2O/c1-3-22(18-9-5-4-6-10-18)28-25(27-17(2)26)19-13-15-21-20-11-7-8-12-23(20)29-24(21)16-14-19/h4-15H,2-3,16H2,1H3. The molecule has 0 saturated carbocycles. The number of halogens is 1. The van der Waals surface area contributed by atoms with Gasteiger partial charge in [0.1, 0.15) is 16.5 Å². The van der Waals surface area contributed by atoms with Crippen molar-refractivity contribution >= 4 is 40.2 Å². The van der Waals surface area contributed by atoms with E-state index >= 15 is 0 Å². The molecule has 0 fully saturated rings. The second-order valence-corrected chi connectivity index (χ2v) is 7.16. The number of amidine groups is 1. The summed E-state index contributed by atoms with van der Waals surface area (Å²) in [6.45, 7) is 5.81. The van der Waals surface area contributed by atoms with Crippen LogP contribution in [0.4, 0.5) is 0 Å². The topological polar surface area (TPSA) is 37.9 Å². The minimum absolute atomic E-state index is 0.202. The SMILES string of the molecule is C=C(Cl)N=C(N=C(CC)c1ccccc1)C1=CCc2oc3ccccc3c2C=C1. The van der Waals surface area contributed by atoms with Gasteiger partial charge in [-0.3, -0.25) is 0 Å². The molecule has 144 valence electrons. The van der Waals surface area contributed by atoms with Crippen molar-refractivity contribution < 1.29 is 4.42 Å². The average Bonchev–Trinajstić information content (AvgIpc) is 2.96. The van der Waals surface area contributed by atoms with E-state index in [1.807, 2.05) is 54.6 Å². The molecule has 0 saturated heterocycles. The van der Waals surface area contributed by atoms with Crippen LogP contribution in [0.5, 0.6) is 0 Å². The highest BCUT2D eigenvalue weighted by Crippen LogP contribution is 2.30. The van der Waals surface area contributed by atoms with E-state index in [4.69, 9.17) is 21.0 Å². The van der Waals surface area contributed by atoms with Crippen molar-refractivity contribution in [1.82, 2.24) is 0 Å². The maximum absolute atomic E-state index is 6.04. The zero-order chi connectivity index (χ0) is 20.2. The number of para-hydroxylation sites is 1. The molecule has 1 aliphatic carbocycles. The van der Waals surface area contributed by atoms with Crippen LogP contribution in [0.25, 0.3) is 17.0 Å². The van der Waals surface area contributed by atoms with E-state index in [9.17, 15) is 0 Å². The molecule has 0 unspecified atom stereocenters. The fourth-order valence-corrected chi connectivity index (χ4v) is 3.52. The van der Waals surface area contributed by atoms with Gasteiger partial charge in [0.25, 0.3) is 0 Å². The van der Waals surface area contributed by atoms with Crippen LogP contribution in [0.15, 0.2) is 98.5 Å². The Balaban J connectivity index is 1.74. The van der Waals surface area contributed by atoms with Crippen LogP contribution in [0.3, 0.4) is 0 Å². The summed E-state index contributed by atoms with van der Waals surface area (Å²) in [5, 5.41) is 1.31. The predicted molar refractivity (Wildman–Crippen MR) is 123 cm³/mol. The Bertz CT molecular complexity index is 1180. The van der Waals surface area contributed by atoms with E-state index in [0.717, 1.165) is 45.6 Å². The number of nitrogens with zero attached hydrogens (tertiary/aromatic N) is 2. The number of rotatable bonds is 4. The summed E-state index contributed by atoms with van der Waals surface area (Å²) in [6, 6.07) is 18.2. The van der Waals surface area contributed by atoms with Crippen molar-refractivity contribution in [3.05, 3.63) is 101 Å². The summed E-state index contributed by atoms with van der Waals surface area (Å²) in [6.07, 6.45) is 7.60. The fraction of sp³-hybridized carbons (Fsp3) is 0.120. The number of aliphatic imine (C=N–C) groups is 2. The zero-order valence-electron chi connectivity index (χ0n) is 16.2. The number of fused-ring (bicyclic) bond motifs is 3. The average molecular weight is 401 g/mol. The zero-order valence-corrected chi connectivity index (χ0v) is 17.0. The van der Waals surface area contributed by atoms with E-state index in [-0.39, 0.29) is 5.16 Å². The first-order valence-electron chi connectivity index (χ1n) is 9.61. The number of hydrogen-bond donors (Lipinski definition) is 0. The molecule has 4 heteroatoms. The number of furan rings is 1. The van der Waals surface area contributed by atoms with Gasteiger partial charge in [-0.05, 0) is 18.1 Å². The first kappa shape index (κ1) is 19.2. The van der Waals surface area contributed by atoms with Gasteiger partial charge in [-0.25, -0.2) is 9.98 Å². The number of hydrogen-bond acceptors (Lipinski definition) is 2. The van der Waals surface area contributed by atoms with Crippen LogP contribution >= 0.6 is 11.6 Å². The van der Waals surface area contributed by atoms with Crippen molar-refractivity contribution in [1.29, 1.82) is 0 Å². The first-order valence-corrected chi connectivity index (χ1v) is 9.98. The van der Waals surface area contributed by atoms with Gasteiger partial charge < -0.3 is 4.42 Å². The second-order valence-electron chi connectivity index (χ2n) is 6.72. The molecule has 2 aromatic carbocycles. The van der Waals surface area contributed by atoms with Crippen LogP contribution in [0.2, 0.25) is 0 Å². The Labute approximate surface area is 175 Å². The van der Waals surface area contributed by atoms with Crippen molar-refractivity contribution in [2.75, 3.05) is 0 Å². The molecule has 1 aromatic heterocycles. The highest BCUT2D eigenvalue weighted by Gasteiger charge is 2.16. The quantitative estimate of drug-likeness (QED) is 0.265. The Kier molecular flexibility index (Phi) is 5.59. The lowest BCUT2D eigenvalue weighted by Gasteiger charge is -2.07. The van der Waals surface area contributed by atoms with E-state index < -0.39 is 0 Å². The van der Waals surface area contributed by atoms with E-state index in [1.165, 1.54) is 0 Å². The molecular weight excluding hydrogens is 380 g/mol. The van der Waals surface area contributed by atoms with Crippen LogP contribution < -0.4 is 0 Å². The van der Waals surface area contributed by atoms with Crippen molar-refractivity contribution in [2.45, 2.75) is 19.8 Å².